The first-order chi connectivity index (χ1) is 12.2. The van der Waals surface area contributed by atoms with Gasteiger partial charge in [-0.1, -0.05) is 43.0 Å². The van der Waals surface area contributed by atoms with Gasteiger partial charge in [-0.3, -0.25) is 4.79 Å². The van der Waals surface area contributed by atoms with Crippen molar-refractivity contribution < 1.29 is 24.5 Å². The minimum atomic E-state index is -1.13. The average Bonchev–Trinajstić information content (AvgIpc) is 2.54. The molecule has 0 bridgehead atoms. The minimum Gasteiger partial charge on any atom is -0.481 e. The van der Waals surface area contributed by atoms with Gasteiger partial charge in [0.15, 0.2) is 0 Å². The van der Waals surface area contributed by atoms with Crippen LogP contribution in [0.2, 0.25) is 0 Å². The van der Waals surface area contributed by atoms with Crippen molar-refractivity contribution in [3.05, 3.63) is 77.7 Å². The fraction of sp³-hybridized carbons (Fsp3) is 0.286. The second kappa shape index (κ2) is 10.5. The van der Waals surface area contributed by atoms with Crippen molar-refractivity contribution in [1.29, 1.82) is 0 Å². The number of allylic oxidation sites excluding steroid dienone is 6. The molecule has 0 amide bonds. The van der Waals surface area contributed by atoms with Crippen LogP contribution in [0.5, 0.6) is 0 Å². The van der Waals surface area contributed by atoms with Crippen LogP contribution in [0.3, 0.4) is 0 Å². The molecule has 4 nitrogen and oxygen atoms in total. The first kappa shape index (κ1) is 21.5. The van der Waals surface area contributed by atoms with Crippen molar-refractivity contribution in [3.63, 3.8) is 0 Å². The summed E-state index contributed by atoms with van der Waals surface area (Å²) < 4.78 is 13.2. The zero-order valence-corrected chi connectivity index (χ0v) is 15.0. The average molecular weight is 360 g/mol. The molecular formula is C21H25FO4. The molecule has 5 heteroatoms. The highest BCUT2D eigenvalue weighted by Crippen LogP contribution is 2.28. The summed E-state index contributed by atoms with van der Waals surface area (Å²) in [7, 11) is 0. The number of hydrogen-bond acceptors (Lipinski definition) is 3. The van der Waals surface area contributed by atoms with Crippen molar-refractivity contribution in [2.24, 2.45) is 0 Å². The second-order valence-electron chi connectivity index (χ2n) is 6.00. The van der Waals surface area contributed by atoms with Crippen molar-refractivity contribution in [3.8, 4) is 0 Å². The molecule has 0 radical (unpaired) electrons. The smallest absolute Gasteiger partial charge is 0.305 e. The molecule has 1 aromatic rings. The molecule has 0 aliphatic rings. The number of hydrogen-bond donors (Lipinski definition) is 3. The summed E-state index contributed by atoms with van der Waals surface area (Å²) in [6.45, 7) is 7.81. The summed E-state index contributed by atoms with van der Waals surface area (Å²) in [6.07, 6.45) is 4.23. The third-order valence-electron chi connectivity index (χ3n) is 3.71. The number of aliphatic hydroxyl groups is 2. The Balaban J connectivity index is 2.98. The zero-order chi connectivity index (χ0) is 19.7. The van der Waals surface area contributed by atoms with Gasteiger partial charge in [-0.2, -0.15) is 0 Å². The molecule has 1 rings (SSSR count). The Morgan fingerprint density at radius 3 is 2.38 bits per heavy atom. The topological polar surface area (TPSA) is 77.8 Å². The van der Waals surface area contributed by atoms with Gasteiger partial charge in [-0.15, -0.1) is 0 Å². The molecular weight excluding hydrogens is 335 g/mol. The molecule has 0 aliphatic heterocycles. The highest BCUT2D eigenvalue weighted by atomic mass is 19.1. The fourth-order valence-electron chi connectivity index (χ4n) is 2.57. The number of aliphatic carboxylic acids is 1. The van der Waals surface area contributed by atoms with Crippen LogP contribution in [0.15, 0.2) is 66.3 Å². The first-order valence-electron chi connectivity index (χ1n) is 8.29. The van der Waals surface area contributed by atoms with E-state index in [9.17, 15) is 19.4 Å². The third-order valence-corrected chi connectivity index (χ3v) is 3.71. The third kappa shape index (κ3) is 7.17. The van der Waals surface area contributed by atoms with Gasteiger partial charge in [0.1, 0.15) is 5.82 Å². The fourth-order valence-corrected chi connectivity index (χ4v) is 2.57. The van der Waals surface area contributed by atoms with Gasteiger partial charge in [-0.25, -0.2) is 4.39 Å². The highest BCUT2D eigenvalue weighted by Gasteiger charge is 2.14. The van der Waals surface area contributed by atoms with Crippen LogP contribution >= 0.6 is 0 Å². The Hall–Kier alpha value is -2.50. The molecule has 0 saturated heterocycles. The van der Waals surface area contributed by atoms with Crippen LogP contribution in [-0.2, 0) is 4.79 Å². The standard InChI is InChI=1S/C21H25FO4/c1-4-5-14(2)21(16-7-9-17(22)10-8-16)15(3)6-11-18(23)12-19(24)13-20(25)26/h4-11,18-19,23-24H,3,12-13H2,1-2H3,(H,25,26)/b5-4-,11-6+,21-14-/t18-,19-/m1/s1. The number of aliphatic hydroxyl groups excluding tert-OH is 2. The van der Waals surface area contributed by atoms with E-state index >= 15 is 0 Å². The molecule has 0 spiro atoms. The number of carbonyl (C=O) groups is 1. The molecule has 0 fully saturated rings. The molecule has 140 valence electrons. The molecule has 1 aromatic carbocycles. The maximum Gasteiger partial charge on any atom is 0.305 e. The monoisotopic (exact) mass is 360 g/mol. The summed E-state index contributed by atoms with van der Waals surface area (Å²) in [4.78, 5) is 10.6. The van der Waals surface area contributed by atoms with E-state index in [1.165, 1.54) is 18.2 Å². The van der Waals surface area contributed by atoms with Gasteiger partial charge >= 0.3 is 5.97 Å². The lowest BCUT2D eigenvalue weighted by Gasteiger charge is -2.13. The second-order valence-corrected chi connectivity index (χ2v) is 6.00. The zero-order valence-electron chi connectivity index (χ0n) is 15.0. The van der Waals surface area contributed by atoms with Crippen molar-refractivity contribution in [2.45, 2.75) is 38.9 Å². The quantitative estimate of drug-likeness (QED) is 0.584. The number of halogens is 1. The number of rotatable bonds is 9. The summed E-state index contributed by atoms with van der Waals surface area (Å²) in [5.41, 5.74) is 3.13. The van der Waals surface area contributed by atoms with E-state index in [1.807, 2.05) is 26.0 Å². The molecule has 0 heterocycles. The van der Waals surface area contributed by atoms with Crippen LogP contribution in [0.1, 0.15) is 32.3 Å². The van der Waals surface area contributed by atoms with E-state index in [0.29, 0.717) is 5.57 Å². The highest BCUT2D eigenvalue weighted by molar-refractivity contribution is 5.84. The van der Waals surface area contributed by atoms with Crippen molar-refractivity contribution in [2.75, 3.05) is 0 Å². The Kier molecular flexibility index (Phi) is 8.68. The van der Waals surface area contributed by atoms with Gasteiger partial charge in [0.25, 0.3) is 0 Å². The van der Waals surface area contributed by atoms with Crippen molar-refractivity contribution >= 4 is 11.5 Å². The van der Waals surface area contributed by atoms with E-state index in [4.69, 9.17) is 5.11 Å². The lowest BCUT2D eigenvalue weighted by molar-refractivity contribution is -0.139. The van der Waals surface area contributed by atoms with Gasteiger partial charge in [0, 0.05) is 6.42 Å². The number of benzene rings is 1. The number of carboxylic acids is 1. The number of carboxylic acid groups (broad SMARTS) is 1. The molecule has 0 aromatic heterocycles. The van der Waals surface area contributed by atoms with Gasteiger partial charge in [0.05, 0.1) is 18.6 Å². The van der Waals surface area contributed by atoms with E-state index in [2.05, 4.69) is 6.58 Å². The van der Waals surface area contributed by atoms with E-state index in [0.717, 1.165) is 16.7 Å². The maximum absolute atomic E-state index is 13.2. The van der Waals surface area contributed by atoms with Crippen LogP contribution in [0.25, 0.3) is 5.57 Å². The van der Waals surface area contributed by atoms with Crippen LogP contribution in [0, 0.1) is 5.82 Å². The Morgan fingerprint density at radius 1 is 1.23 bits per heavy atom. The normalized spacial score (nSPS) is 15.1. The van der Waals surface area contributed by atoms with Crippen LogP contribution in [0.4, 0.5) is 4.39 Å². The molecule has 3 N–H and O–H groups in total. The molecule has 0 saturated carbocycles. The Bertz CT molecular complexity index is 714. The lowest BCUT2D eigenvalue weighted by atomic mass is 9.93. The van der Waals surface area contributed by atoms with Crippen LogP contribution in [-0.4, -0.2) is 33.5 Å². The molecule has 26 heavy (non-hydrogen) atoms. The van der Waals surface area contributed by atoms with Gasteiger partial charge < -0.3 is 15.3 Å². The predicted molar refractivity (Wildman–Crippen MR) is 101 cm³/mol. The summed E-state index contributed by atoms with van der Waals surface area (Å²) in [5.74, 6) is -1.46. The Morgan fingerprint density at radius 2 is 1.85 bits per heavy atom. The summed E-state index contributed by atoms with van der Waals surface area (Å²) in [5, 5.41) is 28.2. The largest absolute Gasteiger partial charge is 0.481 e. The van der Waals surface area contributed by atoms with Crippen molar-refractivity contribution in [1.82, 2.24) is 0 Å². The van der Waals surface area contributed by atoms with E-state index in [-0.39, 0.29) is 12.2 Å². The first-order valence-corrected chi connectivity index (χ1v) is 8.29. The van der Waals surface area contributed by atoms with E-state index < -0.39 is 24.6 Å². The molecule has 0 unspecified atom stereocenters. The molecule has 2 atom stereocenters. The minimum absolute atomic E-state index is 0.0838. The summed E-state index contributed by atoms with van der Waals surface area (Å²) in [6, 6.07) is 6.05. The Labute approximate surface area is 153 Å². The maximum atomic E-state index is 13.2. The van der Waals surface area contributed by atoms with E-state index in [1.54, 1.807) is 18.2 Å². The molecule has 0 aliphatic carbocycles. The van der Waals surface area contributed by atoms with Crippen LogP contribution < -0.4 is 0 Å². The lowest BCUT2D eigenvalue weighted by Crippen LogP contribution is -2.19. The SMILES string of the molecule is C=C(/C=C/[C@@H](O)C[C@@H](O)CC(=O)O)/C(=C(C)/C=C\C)c1ccc(F)cc1. The predicted octanol–water partition coefficient (Wildman–Crippen LogP) is 3.87. The van der Waals surface area contributed by atoms with Gasteiger partial charge in [0.2, 0.25) is 0 Å². The summed E-state index contributed by atoms with van der Waals surface area (Å²) >= 11 is 0. The van der Waals surface area contributed by atoms with Gasteiger partial charge in [-0.05, 0) is 48.3 Å².